The van der Waals surface area contributed by atoms with Gasteiger partial charge in [-0.15, -0.1) is 0 Å². The zero-order chi connectivity index (χ0) is 20.7. The molecule has 0 aliphatic rings. The maximum Gasteiger partial charge on any atom is 0.378 e. The zero-order valence-corrected chi connectivity index (χ0v) is 14.7. The first-order valence-corrected chi connectivity index (χ1v) is 7.94. The second-order valence-corrected chi connectivity index (χ2v) is 5.53. The number of methoxy groups -OCH3 is 1. The fourth-order valence-electron chi connectivity index (χ4n) is 2.09. The third kappa shape index (κ3) is 5.46. The normalized spacial score (nSPS) is 11.2. The van der Waals surface area contributed by atoms with Crippen molar-refractivity contribution in [1.29, 1.82) is 0 Å². The molecular formula is C20H17NO7. The van der Waals surface area contributed by atoms with Crippen LogP contribution in [0.25, 0.3) is 11.8 Å². The lowest BCUT2D eigenvalue weighted by Crippen LogP contribution is -2.13. The van der Waals surface area contributed by atoms with Crippen LogP contribution in [-0.4, -0.2) is 40.1 Å². The largest absolute Gasteiger partial charge is 0.507 e. The zero-order valence-electron chi connectivity index (χ0n) is 14.7. The Morgan fingerprint density at radius 1 is 1.00 bits per heavy atom. The molecule has 0 aromatic heterocycles. The van der Waals surface area contributed by atoms with E-state index >= 15 is 0 Å². The molecule has 0 unspecified atom stereocenters. The molecule has 0 spiro atoms. The Morgan fingerprint density at radius 2 is 1.68 bits per heavy atom. The van der Waals surface area contributed by atoms with Gasteiger partial charge in [0.05, 0.1) is 7.11 Å². The Kier molecular flexibility index (Phi) is 6.53. The van der Waals surface area contributed by atoms with Crippen LogP contribution < -0.4 is 5.32 Å². The quantitative estimate of drug-likeness (QED) is 0.198. The minimum absolute atomic E-state index is 0.257. The summed E-state index contributed by atoms with van der Waals surface area (Å²) in [6.07, 6.45) is 3.44. The number of nitrogens with one attached hydrogen (secondary N) is 1. The predicted octanol–water partition coefficient (Wildman–Crippen LogP) is 2.39. The van der Waals surface area contributed by atoms with Crippen LogP contribution in [-0.2, 0) is 19.1 Å². The summed E-state index contributed by atoms with van der Waals surface area (Å²) in [4.78, 5) is 34.4. The number of ether oxygens (including phenoxy) is 1. The van der Waals surface area contributed by atoms with Crippen molar-refractivity contribution in [2.75, 3.05) is 12.4 Å². The maximum absolute atomic E-state index is 11.9. The number of carbonyl (C=O) groups excluding carboxylic acids is 3. The molecule has 8 nitrogen and oxygen atoms in total. The summed E-state index contributed by atoms with van der Waals surface area (Å²) in [6, 6.07) is 10.0. The van der Waals surface area contributed by atoms with E-state index in [1.165, 1.54) is 54.6 Å². The number of hydrogen-bond donors (Lipinski definition) is 4. The number of aliphatic hydroxyl groups is 1. The van der Waals surface area contributed by atoms with Gasteiger partial charge in [0, 0.05) is 23.4 Å². The van der Waals surface area contributed by atoms with E-state index in [1.807, 2.05) is 0 Å². The Hall–Kier alpha value is -4.07. The van der Waals surface area contributed by atoms with Crippen LogP contribution in [0.15, 0.2) is 54.6 Å². The molecule has 4 N–H and O–H groups in total. The van der Waals surface area contributed by atoms with Gasteiger partial charge in [-0.25, -0.2) is 4.79 Å². The van der Waals surface area contributed by atoms with Gasteiger partial charge in [0.15, 0.2) is 11.5 Å². The van der Waals surface area contributed by atoms with Gasteiger partial charge in [0.25, 0.3) is 5.78 Å². The fourth-order valence-corrected chi connectivity index (χ4v) is 2.09. The van der Waals surface area contributed by atoms with Crippen molar-refractivity contribution >= 4 is 35.2 Å². The lowest BCUT2D eigenvalue weighted by molar-refractivity contribution is -0.149. The van der Waals surface area contributed by atoms with E-state index in [-0.39, 0.29) is 17.1 Å². The molecule has 0 atom stereocenters. The highest BCUT2D eigenvalue weighted by Gasteiger charge is 2.12. The summed E-state index contributed by atoms with van der Waals surface area (Å²) in [7, 11) is 1.06. The molecule has 0 aliphatic carbocycles. The highest BCUT2D eigenvalue weighted by atomic mass is 16.5. The Balaban J connectivity index is 2.01. The molecule has 28 heavy (non-hydrogen) atoms. The molecule has 0 fully saturated rings. The average molecular weight is 383 g/mol. The molecule has 8 heteroatoms. The summed E-state index contributed by atoms with van der Waals surface area (Å²) in [5, 5.41) is 31.1. The number of rotatable bonds is 6. The van der Waals surface area contributed by atoms with E-state index in [0.717, 1.165) is 13.2 Å². The molecule has 2 aromatic carbocycles. The molecule has 2 aromatic rings. The minimum atomic E-state index is -1.09. The van der Waals surface area contributed by atoms with Crippen LogP contribution in [0, 0.1) is 0 Å². The standard InChI is InChI=1S/C20H17NO7/c1-28-20(27)18(25)11-16(23)13-4-6-14(7-5-13)21-19(26)9-3-12-2-8-15(22)17(24)10-12/h2-11,22-24H,1H3,(H,21,26)/b9-3+,16-11-. The van der Waals surface area contributed by atoms with E-state index in [9.17, 15) is 29.7 Å². The third-order valence-corrected chi connectivity index (χ3v) is 3.53. The van der Waals surface area contributed by atoms with Crippen molar-refractivity contribution in [2.45, 2.75) is 0 Å². The number of ketones is 1. The summed E-state index contributed by atoms with van der Waals surface area (Å²) in [6.45, 7) is 0. The smallest absolute Gasteiger partial charge is 0.378 e. The highest BCUT2D eigenvalue weighted by molar-refractivity contribution is 6.39. The van der Waals surface area contributed by atoms with Gasteiger partial charge in [-0.2, -0.15) is 0 Å². The van der Waals surface area contributed by atoms with Crippen molar-refractivity contribution in [2.24, 2.45) is 0 Å². The minimum Gasteiger partial charge on any atom is -0.507 e. The summed E-state index contributed by atoms with van der Waals surface area (Å²) in [5.74, 6) is -3.50. The number of amides is 1. The van der Waals surface area contributed by atoms with Gasteiger partial charge in [0.1, 0.15) is 5.76 Å². The Labute approximate surface area is 160 Å². The number of aromatic hydroxyl groups is 2. The van der Waals surface area contributed by atoms with Gasteiger partial charge in [0.2, 0.25) is 5.91 Å². The first-order valence-electron chi connectivity index (χ1n) is 7.94. The molecule has 144 valence electrons. The topological polar surface area (TPSA) is 133 Å². The van der Waals surface area contributed by atoms with E-state index in [2.05, 4.69) is 10.1 Å². The van der Waals surface area contributed by atoms with Crippen LogP contribution in [0.3, 0.4) is 0 Å². The molecule has 0 radical (unpaired) electrons. The van der Waals surface area contributed by atoms with Crippen molar-refractivity contribution < 1.29 is 34.4 Å². The van der Waals surface area contributed by atoms with Crippen molar-refractivity contribution in [3.05, 3.63) is 65.7 Å². The second kappa shape index (κ2) is 9.04. The van der Waals surface area contributed by atoms with Crippen molar-refractivity contribution in [1.82, 2.24) is 0 Å². The number of anilines is 1. The van der Waals surface area contributed by atoms with Crippen LogP contribution in [0.4, 0.5) is 5.69 Å². The fraction of sp³-hybridized carbons (Fsp3) is 0.0500. The highest BCUT2D eigenvalue weighted by Crippen LogP contribution is 2.25. The van der Waals surface area contributed by atoms with E-state index < -0.39 is 23.4 Å². The number of esters is 1. The number of carbonyl (C=O) groups is 3. The van der Waals surface area contributed by atoms with Gasteiger partial charge in [-0.1, -0.05) is 6.07 Å². The molecular weight excluding hydrogens is 366 g/mol. The van der Waals surface area contributed by atoms with Gasteiger partial charge in [-0.3, -0.25) is 9.59 Å². The number of phenolic OH excluding ortho intramolecular Hbond substituents is 2. The molecule has 0 saturated carbocycles. The SMILES string of the molecule is COC(=O)C(=O)/C=C(\O)c1ccc(NC(=O)/C=C/c2ccc(O)c(O)c2)cc1. The van der Waals surface area contributed by atoms with Crippen LogP contribution in [0.5, 0.6) is 11.5 Å². The lowest BCUT2D eigenvalue weighted by Gasteiger charge is -2.05. The molecule has 0 aliphatic heterocycles. The summed E-state index contributed by atoms with van der Waals surface area (Å²) >= 11 is 0. The van der Waals surface area contributed by atoms with E-state index in [4.69, 9.17) is 0 Å². The molecule has 0 saturated heterocycles. The monoisotopic (exact) mass is 383 g/mol. The first kappa shape index (κ1) is 20.2. The summed E-state index contributed by atoms with van der Waals surface area (Å²) in [5.41, 5.74) is 1.22. The van der Waals surface area contributed by atoms with Crippen LogP contribution in [0.2, 0.25) is 0 Å². The average Bonchev–Trinajstić information content (AvgIpc) is 2.68. The lowest BCUT2D eigenvalue weighted by atomic mass is 10.1. The molecule has 0 heterocycles. The van der Waals surface area contributed by atoms with Crippen molar-refractivity contribution in [3.63, 3.8) is 0 Å². The second-order valence-electron chi connectivity index (χ2n) is 5.53. The summed E-state index contributed by atoms with van der Waals surface area (Å²) < 4.78 is 4.25. The van der Waals surface area contributed by atoms with E-state index in [1.54, 1.807) is 0 Å². The van der Waals surface area contributed by atoms with Gasteiger partial charge >= 0.3 is 5.97 Å². The number of benzene rings is 2. The Morgan fingerprint density at radius 3 is 2.29 bits per heavy atom. The number of hydrogen-bond acceptors (Lipinski definition) is 7. The first-order chi connectivity index (χ1) is 13.3. The molecule has 1 amide bonds. The third-order valence-electron chi connectivity index (χ3n) is 3.53. The van der Waals surface area contributed by atoms with Gasteiger partial charge in [-0.05, 0) is 48.0 Å². The number of phenols is 2. The van der Waals surface area contributed by atoms with E-state index in [0.29, 0.717) is 11.3 Å². The number of aliphatic hydroxyl groups excluding tert-OH is 1. The maximum atomic E-state index is 11.9. The van der Waals surface area contributed by atoms with Crippen LogP contribution >= 0.6 is 0 Å². The molecule has 0 bridgehead atoms. The molecule has 2 rings (SSSR count). The van der Waals surface area contributed by atoms with Crippen LogP contribution in [0.1, 0.15) is 11.1 Å². The Bertz CT molecular complexity index is 959. The van der Waals surface area contributed by atoms with Gasteiger partial charge < -0.3 is 25.4 Å². The van der Waals surface area contributed by atoms with Crippen molar-refractivity contribution in [3.8, 4) is 11.5 Å². The predicted molar refractivity (Wildman–Crippen MR) is 102 cm³/mol.